The van der Waals surface area contributed by atoms with Gasteiger partial charge in [0.1, 0.15) is 0 Å². The van der Waals surface area contributed by atoms with E-state index in [1.54, 1.807) is 11.8 Å². The second kappa shape index (κ2) is 4.04. The maximum Gasteiger partial charge on any atom is 0.0561 e. The van der Waals surface area contributed by atoms with E-state index < -0.39 is 0 Å². The zero-order valence-electron chi connectivity index (χ0n) is 5.67. The summed E-state index contributed by atoms with van der Waals surface area (Å²) in [4.78, 5) is 1.30. The monoisotopic (exact) mass is 215 g/mol. The summed E-state index contributed by atoms with van der Waals surface area (Å²) in [5.41, 5.74) is 1.21. The topological polar surface area (TPSA) is 0 Å². The number of benzene rings is 1. The Morgan fingerprint density at radius 2 is 1.90 bits per heavy atom. The zero-order chi connectivity index (χ0) is 7.40. The Bertz CT molecular complexity index is 170. The van der Waals surface area contributed by atoms with E-state index in [4.69, 9.17) is 0 Å². The molecule has 1 aromatic rings. The first-order chi connectivity index (χ1) is 4.86. The van der Waals surface area contributed by atoms with Crippen LogP contribution in [0, 0.1) is 5.33 Å². The lowest BCUT2D eigenvalue weighted by Crippen LogP contribution is -1.73. The third-order valence-corrected chi connectivity index (χ3v) is 2.51. The highest BCUT2D eigenvalue weighted by Gasteiger charge is 1.89. The Labute approximate surface area is 74.2 Å². The highest BCUT2D eigenvalue weighted by molar-refractivity contribution is 9.10. The smallest absolute Gasteiger partial charge is 0.0561 e. The molecule has 1 radical (unpaired) electrons. The minimum Gasteiger partial charge on any atom is -0.130 e. The standard InChI is InChI=1S/C8H8BrS/c1-10-8-4-2-7(6-9)3-5-8/h2-6H,1H3. The largest absolute Gasteiger partial charge is 0.130 e. The first-order valence-electron chi connectivity index (χ1n) is 2.94. The number of thioether (sulfide) groups is 1. The van der Waals surface area contributed by atoms with E-state index in [2.05, 4.69) is 46.5 Å². The summed E-state index contributed by atoms with van der Waals surface area (Å²) in [6.45, 7) is 0. The summed E-state index contributed by atoms with van der Waals surface area (Å²) in [6, 6.07) is 8.39. The first kappa shape index (κ1) is 8.15. The fourth-order valence-electron chi connectivity index (χ4n) is 0.677. The van der Waals surface area contributed by atoms with Gasteiger partial charge in [0, 0.05) is 4.90 Å². The van der Waals surface area contributed by atoms with Crippen LogP contribution in [0.1, 0.15) is 5.56 Å². The molecule has 0 aliphatic carbocycles. The van der Waals surface area contributed by atoms with Crippen LogP contribution in [-0.4, -0.2) is 6.26 Å². The average molecular weight is 216 g/mol. The van der Waals surface area contributed by atoms with E-state index >= 15 is 0 Å². The lowest BCUT2D eigenvalue weighted by molar-refractivity contribution is 1.43. The molecule has 2 heteroatoms. The normalized spacial score (nSPS) is 9.80. The van der Waals surface area contributed by atoms with Gasteiger partial charge in [0.05, 0.1) is 5.33 Å². The van der Waals surface area contributed by atoms with Crippen LogP contribution >= 0.6 is 27.7 Å². The van der Waals surface area contributed by atoms with Crippen molar-refractivity contribution >= 4 is 27.7 Å². The predicted octanol–water partition coefficient (Wildman–Crippen LogP) is 3.31. The highest BCUT2D eigenvalue weighted by Crippen LogP contribution is 2.16. The summed E-state index contributed by atoms with van der Waals surface area (Å²) >= 11 is 5.03. The molecule has 1 aromatic carbocycles. The van der Waals surface area contributed by atoms with E-state index in [0.29, 0.717) is 0 Å². The van der Waals surface area contributed by atoms with E-state index in [1.165, 1.54) is 10.5 Å². The summed E-state index contributed by atoms with van der Waals surface area (Å²) in [7, 11) is 0. The van der Waals surface area contributed by atoms with E-state index in [1.807, 2.05) is 5.33 Å². The Morgan fingerprint density at radius 1 is 1.30 bits per heavy atom. The quantitative estimate of drug-likeness (QED) is 0.683. The van der Waals surface area contributed by atoms with Crippen LogP contribution in [-0.2, 0) is 0 Å². The van der Waals surface area contributed by atoms with Crippen LogP contribution in [0.25, 0.3) is 0 Å². The van der Waals surface area contributed by atoms with Gasteiger partial charge < -0.3 is 0 Å². The molecule has 0 saturated carbocycles. The molecule has 0 N–H and O–H groups in total. The maximum atomic E-state index is 3.27. The fraction of sp³-hybridized carbons (Fsp3) is 0.125. The lowest BCUT2D eigenvalue weighted by Gasteiger charge is -1.96. The van der Waals surface area contributed by atoms with Crippen LogP contribution in [0.5, 0.6) is 0 Å². The number of rotatable bonds is 2. The van der Waals surface area contributed by atoms with Crippen molar-refractivity contribution in [2.24, 2.45) is 0 Å². The molecule has 0 spiro atoms. The van der Waals surface area contributed by atoms with E-state index in [9.17, 15) is 0 Å². The van der Waals surface area contributed by atoms with Gasteiger partial charge in [0.15, 0.2) is 0 Å². The Balaban J connectivity index is 2.80. The van der Waals surface area contributed by atoms with Crippen molar-refractivity contribution in [2.75, 3.05) is 6.26 Å². The van der Waals surface area contributed by atoms with Gasteiger partial charge >= 0.3 is 0 Å². The highest BCUT2D eigenvalue weighted by atomic mass is 79.9. The van der Waals surface area contributed by atoms with Crippen molar-refractivity contribution in [1.82, 2.24) is 0 Å². The van der Waals surface area contributed by atoms with Crippen molar-refractivity contribution in [3.8, 4) is 0 Å². The molecule has 1 rings (SSSR count). The summed E-state index contributed by atoms with van der Waals surface area (Å²) < 4.78 is 0. The predicted molar refractivity (Wildman–Crippen MR) is 50.6 cm³/mol. The lowest BCUT2D eigenvalue weighted by atomic mass is 10.2. The van der Waals surface area contributed by atoms with Crippen LogP contribution in [0.15, 0.2) is 29.2 Å². The van der Waals surface area contributed by atoms with Crippen LogP contribution in [0.4, 0.5) is 0 Å². The third kappa shape index (κ3) is 2.03. The molecule has 0 aliphatic heterocycles. The maximum absolute atomic E-state index is 3.27. The molecular formula is C8H8BrS. The number of hydrogen-bond donors (Lipinski definition) is 0. The van der Waals surface area contributed by atoms with Gasteiger partial charge in [-0.1, -0.05) is 28.1 Å². The van der Waals surface area contributed by atoms with Crippen molar-refractivity contribution in [2.45, 2.75) is 4.90 Å². The molecule has 0 fully saturated rings. The molecule has 0 unspecified atom stereocenters. The van der Waals surface area contributed by atoms with Gasteiger partial charge in [-0.2, -0.15) is 0 Å². The minimum atomic E-state index is 1.21. The molecule has 0 amide bonds. The molecule has 0 nitrogen and oxygen atoms in total. The van der Waals surface area contributed by atoms with Crippen LogP contribution < -0.4 is 0 Å². The second-order valence-corrected chi connectivity index (χ2v) is 3.22. The molecule has 0 heterocycles. The van der Waals surface area contributed by atoms with Crippen LogP contribution in [0.2, 0.25) is 0 Å². The Hall–Kier alpha value is 0.0500. The van der Waals surface area contributed by atoms with E-state index in [-0.39, 0.29) is 0 Å². The summed E-state index contributed by atoms with van der Waals surface area (Å²) in [5.74, 6) is 0. The molecule has 0 bridgehead atoms. The zero-order valence-corrected chi connectivity index (χ0v) is 8.08. The van der Waals surface area contributed by atoms with Gasteiger partial charge in [-0.15, -0.1) is 11.8 Å². The van der Waals surface area contributed by atoms with Crippen molar-refractivity contribution in [1.29, 1.82) is 0 Å². The fourth-order valence-corrected chi connectivity index (χ4v) is 1.39. The average Bonchev–Trinajstić information content (AvgIpc) is 2.05. The number of halogens is 1. The van der Waals surface area contributed by atoms with Gasteiger partial charge in [-0.05, 0) is 24.0 Å². The van der Waals surface area contributed by atoms with Gasteiger partial charge in [0.2, 0.25) is 0 Å². The molecule has 0 aliphatic rings. The minimum absolute atomic E-state index is 1.21. The SMILES string of the molecule is CSc1ccc([CH]Br)cc1. The summed E-state index contributed by atoms with van der Waals surface area (Å²) in [6.07, 6.45) is 2.08. The molecule has 0 saturated heterocycles. The Morgan fingerprint density at radius 3 is 2.30 bits per heavy atom. The molecule has 53 valence electrons. The Kier molecular flexibility index (Phi) is 3.29. The first-order valence-corrected chi connectivity index (χ1v) is 5.08. The molecular weight excluding hydrogens is 208 g/mol. The third-order valence-electron chi connectivity index (χ3n) is 1.24. The van der Waals surface area contributed by atoms with Crippen molar-refractivity contribution < 1.29 is 0 Å². The number of hydrogen-bond acceptors (Lipinski definition) is 1. The second-order valence-electron chi connectivity index (χ2n) is 1.88. The van der Waals surface area contributed by atoms with E-state index in [0.717, 1.165) is 0 Å². The molecule has 0 atom stereocenters. The summed E-state index contributed by atoms with van der Waals surface area (Å²) in [5, 5.41) is 1.91. The molecule has 10 heavy (non-hydrogen) atoms. The van der Waals surface area contributed by atoms with Crippen LogP contribution in [0.3, 0.4) is 0 Å². The van der Waals surface area contributed by atoms with Crippen molar-refractivity contribution in [3.05, 3.63) is 35.2 Å². The molecule has 0 aromatic heterocycles. The van der Waals surface area contributed by atoms with Crippen molar-refractivity contribution in [3.63, 3.8) is 0 Å². The van der Waals surface area contributed by atoms with Gasteiger partial charge in [0.25, 0.3) is 0 Å². The van der Waals surface area contributed by atoms with Gasteiger partial charge in [-0.25, -0.2) is 0 Å². The van der Waals surface area contributed by atoms with Gasteiger partial charge in [-0.3, -0.25) is 0 Å².